The largest absolute Gasteiger partial charge is 0.496 e. The predicted octanol–water partition coefficient (Wildman–Crippen LogP) is 2.06. The minimum absolute atomic E-state index is 0.538. The first-order valence-corrected chi connectivity index (χ1v) is 6.04. The average Bonchev–Trinajstić information content (AvgIpc) is 2.56. The zero-order chi connectivity index (χ0) is 13.5. The molecular formula is C14H20N2O2. The Balaban J connectivity index is 2.42. The highest BCUT2D eigenvalue weighted by Gasteiger charge is 2.34. The van der Waals surface area contributed by atoms with Crippen LogP contribution in [-0.2, 0) is 0 Å². The molecule has 0 fully saturated rings. The minimum atomic E-state index is -0.893. The quantitative estimate of drug-likeness (QED) is 0.871. The van der Waals surface area contributed by atoms with Gasteiger partial charge in [-0.15, -0.1) is 0 Å². The van der Waals surface area contributed by atoms with Gasteiger partial charge in [0.25, 0.3) is 0 Å². The van der Waals surface area contributed by atoms with E-state index in [1.54, 1.807) is 26.1 Å². The summed E-state index contributed by atoms with van der Waals surface area (Å²) in [6, 6.07) is 4.09. The lowest BCUT2D eigenvalue weighted by molar-refractivity contribution is -0.0592. The van der Waals surface area contributed by atoms with Gasteiger partial charge in [0.2, 0.25) is 0 Å². The standard InChI is InChI=1S/C14H20N2O2/c1-9-7-13(18-5)10(2)6-11(9)12-8-14(3,17)16(4)15-12/h6-7,17H,8H2,1-5H3. The van der Waals surface area contributed by atoms with Crippen LogP contribution in [0.5, 0.6) is 5.75 Å². The molecule has 0 aliphatic carbocycles. The summed E-state index contributed by atoms with van der Waals surface area (Å²) in [5, 5.41) is 16.2. The van der Waals surface area contributed by atoms with E-state index in [4.69, 9.17) is 4.74 Å². The van der Waals surface area contributed by atoms with Gasteiger partial charge in [-0.3, -0.25) is 5.01 Å². The van der Waals surface area contributed by atoms with Gasteiger partial charge in [-0.25, -0.2) is 0 Å². The fourth-order valence-corrected chi connectivity index (χ4v) is 2.23. The Morgan fingerprint density at radius 2 is 2.00 bits per heavy atom. The molecular weight excluding hydrogens is 228 g/mol. The SMILES string of the molecule is COc1cc(C)c(C2=NN(C)C(C)(O)C2)cc1C. The van der Waals surface area contributed by atoms with E-state index in [-0.39, 0.29) is 0 Å². The van der Waals surface area contributed by atoms with Gasteiger partial charge in [0.15, 0.2) is 5.72 Å². The molecule has 0 amide bonds. The number of hydrogen-bond donors (Lipinski definition) is 1. The summed E-state index contributed by atoms with van der Waals surface area (Å²) in [6.07, 6.45) is 0.538. The van der Waals surface area contributed by atoms with E-state index in [1.165, 1.54) is 0 Å². The zero-order valence-corrected chi connectivity index (χ0v) is 11.6. The van der Waals surface area contributed by atoms with Crippen molar-refractivity contribution in [3.8, 4) is 5.75 Å². The predicted molar refractivity (Wildman–Crippen MR) is 72.0 cm³/mol. The lowest BCUT2D eigenvalue weighted by atomic mass is 9.96. The summed E-state index contributed by atoms with van der Waals surface area (Å²) in [6.45, 7) is 5.82. The minimum Gasteiger partial charge on any atom is -0.496 e. The molecule has 0 saturated heterocycles. The van der Waals surface area contributed by atoms with Crippen molar-refractivity contribution >= 4 is 5.71 Å². The maximum absolute atomic E-state index is 10.1. The molecule has 1 N–H and O–H groups in total. The van der Waals surface area contributed by atoms with Crippen LogP contribution in [0.15, 0.2) is 17.2 Å². The van der Waals surface area contributed by atoms with Gasteiger partial charge in [-0.1, -0.05) is 0 Å². The molecule has 2 rings (SSSR count). The summed E-state index contributed by atoms with van der Waals surface area (Å²) < 4.78 is 5.31. The maximum Gasteiger partial charge on any atom is 0.155 e. The Morgan fingerprint density at radius 1 is 1.33 bits per heavy atom. The fraction of sp³-hybridized carbons (Fsp3) is 0.500. The lowest BCUT2D eigenvalue weighted by Crippen LogP contribution is -2.36. The number of aliphatic hydroxyl groups is 1. The van der Waals surface area contributed by atoms with Crippen molar-refractivity contribution in [2.75, 3.05) is 14.2 Å². The van der Waals surface area contributed by atoms with E-state index in [9.17, 15) is 5.11 Å². The second-order valence-corrected chi connectivity index (χ2v) is 5.10. The molecule has 1 atom stereocenters. The van der Waals surface area contributed by atoms with Crippen LogP contribution in [-0.4, -0.2) is 35.7 Å². The van der Waals surface area contributed by atoms with E-state index in [0.29, 0.717) is 6.42 Å². The Hall–Kier alpha value is -1.55. The first-order valence-electron chi connectivity index (χ1n) is 6.04. The van der Waals surface area contributed by atoms with Crippen molar-refractivity contribution in [2.24, 2.45) is 5.10 Å². The second kappa shape index (κ2) is 4.28. The summed E-state index contributed by atoms with van der Waals surface area (Å²) in [5.41, 5.74) is 3.30. The number of ether oxygens (including phenoxy) is 1. The number of hydrazone groups is 1. The van der Waals surface area contributed by atoms with E-state index in [2.05, 4.69) is 11.2 Å². The summed E-state index contributed by atoms with van der Waals surface area (Å²) in [5.74, 6) is 0.884. The van der Waals surface area contributed by atoms with Crippen molar-refractivity contribution in [1.29, 1.82) is 0 Å². The van der Waals surface area contributed by atoms with E-state index < -0.39 is 5.72 Å². The van der Waals surface area contributed by atoms with Crippen molar-refractivity contribution < 1.29 is 9.84 Å². The second-order valence-electron chi connectivity index (χ2n) is 5.10. The van der Waals surface area contributed by atoms with Gasteiger partial charge in [-0.05, 0) is 44.0 Å². The van der Waals surface area contributed by atoms with Crippen molar-refractivity contribution in [1.82, 2.24) is 5.01 Å². The smallest absolute Gasteiger partial charge is 0.155 e. The van der Waals surface area contributed by atoms with Gasteiger partial charge in [-0.2, -0.15) is 5.10 Å². The molecule has 0 radical (unpaired) electrons. The van der Waals surface area contributed by atoms with Gasteiger partial charge >= 0.3 is 0 Å². The summed E-state index contributed by atoms with van der Waals surface area (Å²) in [4.78, 5) is 0. The molecule has 4 heteroatoms. The number of hydrogen-bond acceptors (Lipinski definition) is 4. The number of aryl methyl sites for hydroxylation is 2. The third-order valence-electron chi connectivity index (χ3n) is 3.52. The van der Waals surface area contributed by atoms with Crippen LogP contribution in [0.2, 0.25) is 0 Å². The normalized spacial score (nSPS) is 23.2. The van der Waals surface area contributed by atoms with Crippen LogP contribution in [0.3, 0.4) is 0 Å². The first-order chi connectivity index (χ1) is 8.35. The summed E-state index contributed by atoms with van der Waals surface area (Å²) >= 11 is 0. The third-order valence-corrected chi connectivity index (χ3v) is 3.52. The lowest BCUT2D eigenvalue weighted by Gasteiger charge is -2.24. The van der Waals surface area contributed by atoms with Gasteiger partial charge in [0, 0.05) is 19.0 Å². The molecule has 1 aliphatic heterocycles. The molecule has 18 heavy (non-hydrogen) atoms. The highest BCUT2D eigenvalue weighted by atomic mass is 16.5. The summed E-state index contributed by atoms with van der Waals surface area (Å²) in [7, 11) is 3.46. The van der Waals surface area contributed by atoms with Crippen molar-refractivity contribution in [2.45, 2.75) is 32.9 Å². The van der Waals surface area contributed by atoms with Crippen LogP contribution in [0.4, 0.5) is 0 Å². The van der Waals surface area contributed by atoms with Crippen LogP contribution < -0.4 is 4.74 Å². The molecule has 4 nitrogen and oxygen atoms in total. The van der Waals surface area contributed by atoms with Gasteiger partial charge in [0.05, 0.1) is 12.8 Å². The Labute approximate surface area is 108 Å². The molecule has 0 spiro atoms. The zero-order valence-electron chi connectivity index (χ0n) is 11.6. The Kier molecular flexibility index (Phi) is 3.07. The van der Waals surface area contributed by atoms with Crippen LogP contribution in [0.1, 0.15) is 30.0 Å². The number of methoxy groups -OCH3 is 1. The van der Waals surface area contributed by atoms with Crippen LogP contribution in [0, 0.1) is 13.8 Å². The number of rotatable bonds is 2. The van der Waals surface area contributed by atoms with E-state index in [1.807, 2.05) is 19.9 Å². The third kappa shape index (κ3) is 2.08. The molecule has 98 valence electrons. The van der Waals surface area contributed by atoms with Gasteiger partial charge < -0.3 is 9.84 Å². The molecule has 0 aromatic heterocycles. The van der Waals surface area contributed by atoms with Crippen LogP contribution in [0.25, 0.3) is 0 Å². The molecule has 0 saturated carbocycles. The Morgan fingerprint density at radius 3 is 2.50 bits per heavy atom. The molecule has 1 unspecified atom stereocenters. The van der Waals surface area contributed by atoms with E-state index >= 15 is 0 Å². The Bertz CT molecular complexity index is 507. The van der Waals surface area contributed by atoms with E-state index in [0.717, 1.165) is 28.2 Å². The number of nitrogens with zero attached hydrogens (tertiary/aromatic N) is 2. The highest BCUT2D eigenvalue weighted by molar-refractivity contribution is 6.03. The number of benzene rings is 1. The van der Waals surface area contributed by atoms with Crippen LogP contribution >= 0.6 is 0 Å². The first kappa shape index (κ1) is 12.9. The van der Waals surface area contributed by atoms with Gasteiger partial charge in [0.1, 0.15) is 5.75 Å². The molecule has 0 bridgehead atoms. The topological polar surface area (TPSA) is 45.1 Å². The average molecular weight is 248 g/mol. The molecule has 1 heterocycles. The molecule has 1 aliphatic rings. The van der Waals surface area contributed by atoms with Crippen molar-refractivity contribution in [3.63, 3.8) is 0 Å². The highest BCUT2D eigenvalue weighted by Crippen LogP contribution is 2.30. The molecule has 1 aromatic carbocycles. The maximum atomic E-state index is 10.1. The molecule has 1 aromatic rings. The fourth-order valence-electron chi connectivity index (χ4n) is 2.23. The van der Waals surface area contributed by atoms with Crippen molar-refractivity contribution in [3.05, 3.63) is 28.8 Å². The monoisotopic (exact) mass is 248 g/mol.